The van der Waals surface area contributed by atoms with Gasteiger partial charge in [-0.2, -0.15) is 0 Å². The van der Waals surface area contributed by atoms with Gasteiger partial charge in [0, 0.05) is 12.6 Å². The molecule has 0 saturated heterocycles. The number of aliphatic hydroxyl groups is 1. The lowest BCUT2D eigenvalue weighted by molar-refractivity contribution is 0.177. The molecule has 1 aromatic heterocycles. The summed E-state index contributed by atoms with van der Waals surface area (Å²) in [6.45, 7) is 3.87. The van der Waals surface area contributed by atoms with Crippen LogP contribution in [0.3, 0.4) is 0 Å². The minimum atomic E-state index is -0.612. The molecule has 0 aliphatic heterocycles. The predicted molar refractivity (Wildman–Crippen MR) is 90.1 cm³/mol. The number of halogens is 1. The van der Waals surface area contributed by atoms with Gasteiger partial charge >= 0.3 is 0 Å². The summed E-state index contributed by atoms with van der Waals surface area (Å²) in [5.41, 5.74) is 3.45. The van der Waals surface area contributed by atoms with Crippen LogP contribution in [-0.2, 0) is 6.42 Å². The summed E-state index contributed by atoms with van der Waals surface area (Å²) in [6, 6.07) is 14.2. The fraction of sp³-hybridized carbons (Fsp3) is 0.263. The smallest absolute Gasteiger partial charge is 0.123 e. The molecular weight excluding hydrogens is 305 g/mol. The number of benzene rings is 2. The van der Waals surface area contributed by atoms with Crippen molar-refractivity contribution in [3.05, 3.63) is 82.9 Å². The minimum Gasteiger partial charge on any atom is -0.388 e. The summed E-state index contributed by atoms with van der Waals surface area (Å²) in [6.07, 6.45) is 1.62. The maximum atomic E-state index is 13.3. The molecule has 3 rings (SSSR count). The van der Waals surface area contributed by atoms with Gasteiger partial charge in [0.15, 0.2) is 0 Å². The fourth-order valence-corrected chi connectivity index (χ4v) is 2.84. The van der Waals surface area contributed by atoms with Gasteiger partial charge in [-0.05, 0) is 42.7 Å². The molecule has 0 amide bonds. The third kappa shape index (κ3) is 3.51. The zero-order valence-corrected chi connectivity index (χ0v) is 13.7. The van der Waals surface area contributed by atoms with Crippen molar-refractivity contribution < 1.29 is 9.50 Å². The highest BCUT2D eigenvalue weighted by Gasteiger charge is 2.15. The quantitative estimate of drug-likeness (QED) is 0.779. The second-order valence-electron chi connectivity index (χ2n) is 6.00. The van der Waals surface area contributed by atoms with Crippen molar-refractivity contribution in [2.24, 2.45) is 0 Å². The summed E-state index contributed by atoms with van der Waals surface area (Å²) in [4.78, 5) is 0. The third-order valence-electron chi connectivity index (χ3n) is 4.22. The number of aliphatic hydroxyl groups excluding tert-OH is 1. The molecule has 5 heteroatoms. The van der Waals surface area contributed by atoms with E-state index in [1.54, 1.807) is 10.7 Å². The zero-order valence-electron chi connectivity index (χ0n) is 13.7. The molecule has 0 saturated carbocycles. The maximum Gasteiger partial charge on any atom is 0.123 e. The molecule has 1 unspecified atom stereocenters. The van der Waals surface area contributed by atoms with E-state index in [4.69, 9.17) is 0 Å². The van der Waals surface area contributed by atoms with Crippen LogP contribution in [0.1, 0.15) is 41.5 Å². The highest BCUT2D eigenvalue weighted by Crippen LogP contribution is 2.23. The molecule has 1 heterocycles. The molecule has 0 bridgehead atoms. The largest absolute Gasteiger partial charge is 0.388 e. The molecule has 0 aliphatic rings. The van der Waals surface area contributed by atoms with Gasteiger partial charge in [-0.3, -0.25) is 0 Å². The van der Waals surface area contributed by atoms with Gasteiger partial charge < -0.3 is 5.11 Å². The van der Waals surface area contributed by atoms with E-state index < -0.39 is 6.10 Å². The van der Waals surface area contributed by atoms with Crippen molar-refractivity contribution >= 4 is 0 Å². The number of rotatable bonds is 5. The topological polar surface area (TPSA) is 50.9 Å². The molecule has 3 aromatic rings. The van der Waals surface area contributed by atoms with Crippen LogP contribution in [0.15, 0.2) is 54.7 Å². The molecular formula is C19H20FN3O. The summed E-state index contributed by atoms with van der Waals surface area (Å²) >= 11 is 0. The van der Waals surface area contributed by atoms with Crippen LogP contribution in [-0.4, -0.2) is 20.1 Å². The van der Waals surface area contributed by atoms with Gasteiger partial charge in [-0.15, -0.1) is 5.10 Å². The monoisotopic (exact) mass is 325 g/mol. The van der Waals surface area contributed by atoms with Gasteiger partial charge in [-0.25, -0.2) is 9.07 Å². The molecule has 1 N–H and O–H groups in total. The summed E-state index contributed by atoms with van der Waals surface area (Å²) in [7, 11) is 0. The Labute approximate surface area is 140 Å². The molecule has 2 atom stereocenters. The van der Waals surface area contributed by atoms with Crippen LogP contribution in [0.2, 0.25) is 0 Å². The first-order chi connectivity index (χ1) is 11.5. The average molecular weight is 325 g/mol. The van der Waals surface area contributed by atoms with Crippen LogP contribution in [0, 0.1) is 12.7 Å². The Hall–Kier alpha value is -2.53. The lowest BCUT2D eigenvalue weighted by Crippen LogP contribution is -2.09. The Bertz CT molecular complexity index is 816. The van der Waals surface area contributed by atoms with E-state index in [-0.39, 0.29) is 11.9 Å². The van der Waals surface area contributed by atoms with Crippen molar-refractivity contribution in [1.29, 1.82) is 0 Å². The number of aromatic nitrogens is 3. The van der Waals surface area contributed by atoms with E-state index in [0.717, 1.165) is 22.4 Å². The first-order valence-electron chi connectivity index (χ1n) is 7.94. The van der Waals surface area contributed by atoms with Crippen LogP contribution >= 0.6 is 0 Å². The van der Waals surface area contributed by atoms with Gasteiger partial charge in [0.05, 0.1) is 17.8 Å². The van der Waals surface area contributed by atoms with Crippen LogP contribution in [0.25, 0.3) is 0 Å². The Kier molecular flexibility index (Phi) is 4.71. The SMILES string of the molecule is Cc1cc(F)ccc1[C@H](C)n1cc(CC(O)c2ccccc2)nn1. The Morgan fingerprint density at radius 1 is 1.17 bits per heavy atom. The van der Waals surface area contributed by atoms with E-state index in [9.17, 15) is 9.50 Å². The first kappa shape index (κ1) is 16.3. The van der Waals surface area contributed by atoms with Crippen molar-refractivity contribution in [1.82, 2.24) is 15.0 Å². The number of aryl methyl sites for hydroxylation is 1. The highest BCUT2D eigenvalue weighted by atomic mass is 19.1. The Morgan fingerprint density at radius 2 is 1.92 bits per heavy atom. The zero-order chi connectivity index (χ0) is 17.1. The normalized spacial score (nSPS) is 13.7. The van der Waals surface area contributed by atoms with Crippen molar-refractivity contribution in [2.75, 3.05) is 0 Å². The molecule has 124 valence electrons. The van der Waals surface area contributed by atoms with Gasteiger partial charge in [-0.1, -0.05) is 41.6 Å². The standard InChI is InChI=1S/C19H20FN3O/c1-13-10-16(20)8-9-18(13)14(2)23-12-17(21-22-23)11-19(24)15-6-4-3-5-7-15/h3-10,12,14,19,24H,11H2,1-2H3/t14-,19?/m0/s1. The van der Waals surface area contributed by atoms with Gasteiger partial charge in [0.1, 0.15) is 5.82 Å². The Balaban J connectivity index is 1.75. The van der Waals surface area contributed by atoms with Gasteiger partial charge in [0.25, 0.3) is 0 Å². The van der Waals surface area contributed by atoms with E-state index in [2.05, 4.69) is 10.3 Å². The van der Waals surface area contributed by atoms with E-state index >= 15 is 0 Å². The summed E-state index contributed by atoms with van der Waals surface area (Å²) < 4.78 is 15.0. The van der Waals surface area contributed by atoms with Crippen LogP contribution < -0.4 is 0 Å². The summed E-state index contributed by atoms with van der Waals surface area (Å²) in [5.74, 6) is -0.242. The van der Waals surface area contributed by atoms with Crippen LogP contribution in [0.5, 0.6) is 0 Å². The van der Waals surface area contributed by atoms with Crippen molar-refractivity contribution in [3.8, 4) is 0 Å². The lowest BCUT2D eigenvalue weighted by atomic mass is 10.0. The lowest BCUT2D eigenvalue weighted by Gasteiger charge is -2.14. The predicted octanol–water partition coefficient (Wildman–Crippen LogP) is 3.61. The van der Waals surface area contributed by atoms with E-state index in [0.29, 0.717) is 6.42 Å². The van der Waals surface area contributed by atoms with E-state index in [1.807, 2.05) is 50.4 Å². The fourth-order valence-electron chi connectivity index (χ4n) is 2.84. The number of nitrogens with zero attached hydrogens (tertiary/aromatic N) is 3. The average Bonchev–Trinajstić information content (AvgIpc) is 3.03. The number of hydrogen-bond donors (Lipinski definition) is 1. The number of hydrogen-bond acceptors (Lipinski definition) is 3. The molecule has 0 radical (unpaired) electrons. The Morgan fingerprint density at radius 3 is 2.62 bits per heavy atom. The molecule has 24 heavy (non-hydrogen) atoms. The highest BCUT2D eigenvalue weighted by molar-refractivity contribution is 5.29. The first-order valence-corrected chi connectivity index (χ1v) is 7.94. The second-order valence-corrected chi connectivity index (χ2v) is 6.00. The minimum absolute atomic E-state index is 0.0549. The third-order valence-corrected chi connectivity index (χ3v) is 4.22. The summed E-state index contributed by atoms with van der Waals surface area (Å²) in [5, 5.41) is 18.6. The van der Waals surface area contributed by atoms with Crippen LogP contribution in [0.4, 0.5) is 4.39 Å². The van der Waals surface area contributed by atoms with Crippen molar-refractivity contribution in [3.63, 3.8) is 0 Å². The molecule has 0 fully saturated rings. The van der Waals surface area contributed by atoms with E-state index in [1.165, 1.54) is 12.1 Å². The van der Waals surface area contributed by atoms with Gasteiger partial charge in [0.2, 0.25) is 0 Å². The molecule has 4 nitrogen and oxygen atoms in total. The van der Waals surface area contributed by atoms with Crippen molar-refractivity contribution in [2.45, 2.75) is 32.4 Å². The second kappa shape index (κ2) is 6.93. The molecule has 2 aromatic carbocycles. The molecule has 0 aliphatic carbocycles. The maximum absolute atomic E-state index is 13.3. The molecule has 0 spiro atoms.